The standard InChI is InChI=1S/C19H35N3O5/c1-4-25-19(24)27-16(2)26-18(23)6-5-9-21-10-7-17(8-11-21)22-14-12-20(3)13-15-22/h16-17H,4-15H2,1-3H3. The smallest absolute Gasteiger partial charge is 0.435 e. The highest BCUT2D eigenvalue weighted by Crippen LogP contribution is 2.18. The molecule has 1 atom stereocenters. The first kappa shape index (κ1) is 21.9. The second-order valence-corrected chi connectivity index (χ2v) is 7.37. The molecule has 0 saturated carbocycles. The second kappa shape index (κ2) is 11.5. The molecule has 2 heterocycles. The van der Waals surface area contributed by atoms with Crippen molar-refractivity contribution in [3.8, 4) is 0 Å². The quantitative estimate of drug-likeness (QED) is 0.460. The van der Waals surface area contributed by atoms with E-state index in [-0.39, 0.29) is 12.6 Å². The van der Waals surface area contributed by atoms with Gasteiger partial charge < -0.3 is 24.0 Å². The summed E-state index contributed by atoms with van der Waals surface area (Å²) in [6.07, 6.45) is 1.76. The molecule has 0 aromatic heterocycles. The third kappa shape index (κ3) is 8.02. The zero-order chi connectivity index (χ0) is 19.6. The van der Waals surface area contributed by atoms with E-state index in [0.29, 0.717) is 12.5 Å². The van der Waals surface area contributed by atoms with Gasteiger partial charge >= 0.3 is 12.1 Å². The van der Waals surface area contributed by atoms with Crippen LogP contribution in [0.1, 0.15) is 39.5 Å². The molecule has 0 radical (unpaired) electrons. The third-order valence-electron chi connectivity index (χ3n) is 5.29. The van der Waals surface area contributed by atoms with Crippen molar-refractivity contribution in [2.45, 2.75) is 51.9 Å². The van der Waals surface area contributed by atoms with Gasteiger partial charge in [-0.25, -0.2) is 4.79 Å². The van der Waals surface area contributed by atoms with E-state index in [2.05, 4.69) is 26.5 Å². The zero-order valence-corrected chi connectivity index (χ0v) is 17.0. The van der Waals surface area contributed by atoms with E-state index in [1.807, 2.05) is 0 Å². The van der Waals surface area contributed by atoms with Crippen LogP contribution >= 0.6 is 0 Å². The zero-order valence-electron chi connectivity index (χ0n) is 17.0. The summed E-state index contributed by atoms with van der Waals surface area (Å²) in [5, 5.41) is 0. The normalized spacial score (nSPS) is 21.6. The molecule has 0 aliphatic carbocycles. The number of esters is 1. The van der Waals surface area contributed by atoms with Gasteiger partial charge in [0.1, 0.15) is 0 Å². The van der Waals surface area contributed by atoms with Gasteiger partial charge in [-0.2, -0.15) is 0 Å². The molecular weight excluding hydrogens is 350 g/mol. The minimum absolute atomic E-state index is 0.227. The summed E-state index contributed by atoms with van der Waals surface area (Å²) in [6.45, 7) is 11.2. The van der Waals surface area contributed by atoms with Gasteiger partial charge in [0.2, 0.25) is 6.29 Å². The van der Waals surface area contributed by atoms with Gasteiger partial charge in [0.05, 0.1) is 6.61 Å². The second-order valence-electron chi connectivity index (χ2n) is 7.37. The minimum atomic E-state index is -0.920. The number of carbonyl (C=O) groups is 2. The molecule has 0 aromatic carbocycles. The fraction of sp³-hybridized carbons (Fsp3) is 0.895. The van der Waals surface area contributed by atoms with Crippen LogP contribution < -0.4 is 0 Å². The van der Waals surface area contributed by atoms with Gasteiger partial charge in [-0.3, -0.25) is 9.69 Å². The molecule has 8 heteroatoms. The van der Waals surface area contributed by atoms with Gasteiger partial charge in [0.25, 0.3) is 0 Å². The Morgan fingerprint density at radius 3 is 2.33 bits per heavy atom. The molecule has 2 fully saturated rings. The van der Waals surface area contributed by atoms with Crippen molar-refractivity contribution in [1.29, 1.82) is 0 Å². The fourth-order valence-electron chi connectivity index (χ4n) is 3.70. The van der Waals surface area contributed by atoms with E-state index in [1.165, 1.54) is 45.9 Å². The maximum Gasteiger partial charge on any atom is 0.511 e. The minimum Gasteiger partial charge on any atom is -0.435 e. The number of ether oxygens (including phenoxy) is 3. The molecule has 0 N–H and O–H groups in total. The lowest BCUT2D eigenvalue weighted by Gasteiger charge is -2.42. The van der Waals surface area contributed by atoms with E-state index >= 15 is 0 Å². The Kier molecular flexibility index (Phi) is 9.30. The summed E-state index contributed by atoms with van der Waals surface area (Å²) in [7, 11) is 2.19. The van der Waals surface area contributed by atoms with Crippen LogP contribution in [0.5, 0.6) is 0 Å². The number of nitrogens with zero attached hydrogens (tertiary/aromatic N) is 3. The van der Waals surface area contributed by atoms with Crippen molar-refractivity contribution in [3.05, 3.63) is 0 Å². The Labute approximate surface area is 162 Å². The molecular formula is C19H35N3O5. The molecule has 1 unspecified atom stereocenters. The topological polar surface area (TPSA) is 71.5 Å². The molecule has 0 amide bonds. The van der Waals surface area contributed by atoms with E-state index in [4.69, 9.17) is 9.47 Å². The summed E-state index contributed by atoms with van der Waals surface area (Å²) in [5.41, 5.74) is 0. The molecule has 0 bridgehead atoms. The molecule has 8 nitrogen and oxygen atoms in total. The maximum absolute atomic E-state index is 11.8. The fourth-order valence-corrected chi connectivity index (χ4v) is 3.70. The van der Waals surface area contributed by atoms with Crippen molar-refractivity contribution in [2.24, 2.45) is 0 Å². The van der Waals surface area contributed by atoms with Crippen LogP contribution in [0, 0.1) is 0 Å². The highest BCUT2D eigenvalue weighted by molar-refractivity contribution is 5.69. The van der Waals surface area contributed by atoms with Gasteiger partial charge in [-0.05, 0) is 52.9 Å². The van der Waals surface area contributed by atoms with E-state index in [1.54, 1.807) is 6.92 Å². The van der Waals surface area contributed by atoms with Crippen LogP contribution in [0.15, 0.2) is 0 Å². The molecule has 2 saturated heterocycles. The maximum atomic E-state index is 11.8. The number of likely N-dealkylation sites (N-methyl/N-ethyl adjacent to an activating group) is 1. The lowest BCUT2D eigenvalue weighted by Crippen LogP contribution is -2.52. The van der Waals surface area contributed by atoms with Crippen LogP contribution in [0.2, 0.25) is 0 Å². The van der Waals surface area contributed by atoms with E-state index in [0.717, 1.165) is 26.1 Å². The Balaban J connectivity index is 1.55. The molecule has 156 valence electrons. The van der Waals surface area contributed by atoms with E-state index < -0.39 is 12.4 Å². The van der Waals surface area contributed by atoms with Gasteiger partial charge in [0.15, 0.2) is 0 Å². The average molecular weight is 386 g/mol. The van der Waals surface area contributed by atoms with Crippen LogP contribution in [0.4, 0.5) is 4.79 Å². The lowest BCUT2D eigenvalue weighted by atomic mass is 10.0. The largest absolute Gasteiger partial charge is 0.511 e. The number of piperazine rings is 1. The first-order valence-corrected chi connectivity index (χ1v) is 10.2. The van der Waals surface area contributed by atoms with Crippen molar-refractivity contribution >= 4 is 12.1 Å². The molecule has 2 aliphatic heterocycles. The third-order valence-corrected chi connectivity index (χ3v) is 5.29. The van der Waals surface area contributed by atoms with Crippen LogP contribution in [-0.4, -0.2) is 98.6 Å². The predicted molar refractivity (Wildman–Crippen MR) is 101 cm³/mol. The number of rotatable bonds is 8. The van der Waals surface area contributed by atoms with Crippen molar-refractivity contribution in [1.82, 2.24) is 14.7 Å². The monoisotopic (exact) mass is 385 g/mol. The van der Waals surface area contributed by atoms with Gasteiger partial charge in [-0.15, -0.1) is 0 Å². The lowest BCUT2D eigenvalue weighted by molar-refractivity contribution is -0.168. The van der Waals surface area contributed by atoms with Crippen LogP contribution in [0.3, 0.4) is 0 Å². The Morgan fingerprint density at radius 1 is 1.04 bits per heavy atom. The van der Waals surface area contributed by atoms with Gasteiger partial charge in [-0.1, -0.05) is 0 Å². The number of carbonyl (C=O) groups excluding carboxylic acids is 2. The van der Waals surface area contributed by atoms with Crippen molar-refractivity contribution < 1.29 is 23.8 Å². The van der Waals surface area contributed by atoms with Crippen LogP contribution in [-0.2, 0) is 19.0 Å². The first-order chi connectivity index (χ1) is 13.0. The summed E-state index contributed by atoms with van der Waals surface area (Å²) < 4.78 is 14.5. The number of hydrogen-bond donors (Lipinski definition) is 0. The number of likely N-dealkylation sites (tertiary alicyclic amines) is 1. The molecule has 0 spiro atoms. The SMILES string of the molecule is CCOC(=O)OC(C)OC(=O)CCCN1CCC(N2CCN(C)CC2)CC1. The van der Waals surface area contributed by atoms with Crippen LogP contribution in [0.25, 0.3) is 0 Å². The summed E-state index contributed by atoms with van der Waals surface area (Å²) in [5.74, 6) is -0.348. The average Bonchev–Trinajstić information content (AvgIpc) is 2.63. The van der Waals surface area contributed by atoms with E-state index in [9.17, 15) is 9.59 Å². The Bertz CT molecular complexity index is 460. The van der Waals surface area contributed by atoms with Crippen molar-refractivity contribution in [3.63, 3.8) is 0 Å². The summed E-state index contributed by atoms with van der Waals surface area (Å²) in [6, 6.07) is 0.709. The predicted octanol–water partition coefficient (Wildman–Crippen LogP) is 1.54. The molecule has 2 aliphatic rings. The van der Waals surface area contributed by atoms with Gasteiger partial charge in [0, 0.05) is 45.6 Å². The molecule has 27 heavy (non-hydrogen) atoms. The summed E-state index contributed by atoms with van der Waals surface area (Å²) >= 11 is 0. The highest BCUT2D eigenvalue weighted by Gasteiger charge is 2.26. The summed E-state index contributed by atoms with van der Waals surface area (Å²) in [4.78, 5) is 30.5. The van der Waals surface area contributed by atoms with Crippen molar-refractivity contribution in [2.75, 3.05) is 59.5 Å². The number of hydrogen-bond acceptors (Lipinski definition) is 8. The highest BCUT2D eigenvalue weighted by atomic mass is 16.8. The molecule has 0 aromatic rings. The number of piperidine rings is 1. The Morgan fingerprint density at radius 2 is 1.70 bits per heavy atom. The Hall–Kier alpha value is -1.38. The molecule has 2 rings (SSSR count). The first-order valence-electron chi connectivity index (χ1n) is 10.2.